The Morgan fingerprint density at radius 2 is 1.88 bits per heavy atom. The summed E-state index contributed by atoms with van der Waals surface area (Å²) < 4.78 is 14.7. The molecule has 9 heteroatoms. The van der Waals surface area contributed by atoms with Crippen LogP contribution in [0.3, 0.4) is 0 Å². The molecule has 0 radical (unpaired) electrons. The lowest BCUT2D eigenvalue weighted by atomic mass is 10.1. The smallest absolute Gasteiger partial charge is 0.312 e. The fraction of sp³-hybridized carbons (Fsp3) is 0.333. The Labute approximate surface area is 191 Å². The molecule has 1 aliphatic heterocycles. The molecule has 4 rings (SSSR count). The van der Waals surface area contributed by atoms with Gasteiger partial charge in [0.2, 0.25) is 0 Å². The van der Waals surface area contributed by atoms with Crippen LogP contribution in [0.1, 0.15) is 33.7 Å². The van der Waals surface area contributed by atoms with Gasteiger partial charge in [0.05, 0.1) is 11.5 Å². The number of hydrogen-bond donors (Lipinski definition) is 1. The number of nitrogens with zero attached hydrogens (tertiary/aromatic N) is 4. The van der Waals surface area contributed by atoms with Crippen LogP contribution < -0.4 is 10.2 Å². The first-order valence-corrected chi connectivity index (χ1v) is 10.9. The Morgan fingerprint density at radius 1 is 1.18 bits per heavy atom. The van der Waals surface area contributed by atoms with Crippen LogP contribution in [0.2, 0.25) is 0 Å². The van der Waals surface area contributed by atoms with E-state index in [1.165, 1.54) is 12.1 Å². The van der Waals surface area contributed by atoms with Gasteiger partial charge in [-0.2, -0.15) is 5.10 Å². The van der Waals surface area contributed by atoms with Crippen LogP contribution in [0.15, 0.2) is 48.5 Å². The van der Waals surface area contributed by atoms with E-state index in [4.69, 9.17) is 0 Å². The molecule has 1 atom stereocenters. The number of carbonyl (C=O) groups is 1. The number of hydrogen-bond acceptors (Lipinski definition) is 5. The van der Waals surface area contributed by atoms with Crippen molar-refractivity contribution < 1.29 is 14.1 Å². The molecule has 1 unspecified atom stereocenters. The van der Waals surface area contributed by atoms with E-state index in [2.05, 4.69) is 15.3 Å². The monoisotopic (exact) mass is 451 g/mol. The van der Waals surface area contributed by atoms with Crippen LogP contribution in [-0.2, 0) is 6.54 Å². The van der Waals surface area contributed by atoms with Crippen molar-refractivity contribution in [2.75, 3.05) is 24.5 Å². The number of amides is 1. The van der Waals surface area contributed by atoms with Crippen molar-refractivity contribution in [2.45, 2.75) is 26.8 Å². The van der Waals surface area contributed by atoms with Crippen molar-refractivity contribution in [3.8, 4) is 0 Å². The van der Waals surface area contributed by atoms with Gasteiger partial charge in [0, 0.05) is 30.9 Å². The average Bonchev–Trinajstić information content (AvgIpc) is 3.37. The number of aryl methyl sites for hydroxylation is 1. The van der Waals surface area contributed by atoms with Crippen LogP contribution in [0.5, 0.6) is 0 Å². The lowest BCUT2D eigenvalue weighted by Crippen LogP contribution is -2.31. The molecule has 1 fully saturated rings. The first kappa shape index (κ1) is 22.4. The number of benzene rings is 2. The highest BCUT2D eigenvalue weighted by atomic mass is 19.1. The molecule has 33 heavy (non-hydrogen) atoms. The third-order valence-corrected chi connectivity index (χ3v) is 6.10. The molecule has 8 nitrogen and oxygen atoms in total. The molecule has 0 aliphatic carbocycles. The van der Waals surface area contributed by atoms with Gasteiger partial charge in [-0.25, -0.2) is 4.39 Å². The third-order valence-electron chi connectivity index (χ3n) is 6.10. The van der Waals surface area contributed by atoms with E-state index in [0.29, 0.717) is 36.0 Å². The summed E-state index contributed by atoms with van der Waals surface area (Å²) in [5, 5.41) is 18.4. The summed E-state index contributed by atoms with van der Waals surface area (Å²) >= 11 is 0. The highest BCUT2D eigenvalue weighted by Crippen LogP contribution is 2.24. The zero-order chi connectivity index (χ0) is 23.5. The second kappa shape index (κ2) is 9.40. The molecule has 1 aromatic heterocycles. The van der Waals surface area contributed by atoms with Gasteiger partial charge in [0.1, 0.15) is 17.2 Å². The quantitative estimate of drug-likeness (QED) is 0.435. The van der Waals surface area contributed by atoms with E-state index in [1.807, 2.05) is 12.1 Å². The zero-order valence-corrected chi connectivity index (χ0v) is 18.6. The summed E-state index contributed by atoms with van der Waals surface area (Å²) in [6, 6.07) is 13.7. The summed E-state index contributed by atoms with van der Waals surface area (Å²) in [5.74, 6) is -0.0485. The largest absolute Gasteiger partial charge is 0.371 e. The summed E-state index contributed by atoms with van der Waals surface area (Å²) in [6.07, 6.45) is 0.964. The Balaban J connectivity index is 1.30. The molecular formula is C24H26FN5O3. The molecule has 1 amide bonds. The summed E-state index contributed by atoms with van der Waals surface area (Å²) in [6.45, 7) is 5.97. The van der Waals surface area contributed by atoms with Crippen molar-refractivity contribution in [2.24, 2.45) is 5.92 Å². The number of carbonyl (C=O) groups excluding carboxylic acids is 1. The first-order valence-electron chi connectivity index (χ1n) is 10.9. The normalized spacial score (nSPS) is 15.6. The molecule has 172 valence electrons. The zero-order valence-electron chi connectivity index (χ0n) is 18.6. The number of aromatic nitrogens is 2. The van der Waals surface area contributed by atoms with Crippen molar-refractivity contribution in [1.29, 1.82) is 0 Å². The van der Waals surface area contributed by atoms with Gasteiger partial charge in [0.15, 0.2) is 0 Å². The van der Waals surface area contributed by atoms with Gasteiger partial charge in [-0.1, -0.05) is 12.1 Å². The van der Waals surface area contributed by atoms with E-state index >= 15 is 0 Å². The first-order chi connectivity index (χ1) is 15.8. The molecule has 0 saturated carbocycles. The van der Waals surface area contributed by atoms with Gasteiger partial charge >= 0.3 is 5.69 Å². The Hall–Kier alpha value is -3.75. The number of nitro groups is 1. The minimum Gasteiger partial charge on any atom is -0.371 e. The average molecular weight is 452 g/mol. The number of rotatable bonds is 7. The highest BCUT2D eigenvalue weighted by Gasteiger charge is 2.24. The van der Waals surface area contributed by atoms with E-state index in [1.54, 1.807) is 42.8 Å². The molecule has 2 heterocycles. The fourth-order valence-electron chi connectivity index (χ4n) is 4.26. The number of halogens is 1. The van der Waals surface area contributed by atoms with Crippen molar-refractivity contribution in [3.05, 3.63) is 87.0 Å². The Kier molecular flexibility index (Phi) is 6.39. The predicted octanol–water partition coefficient (Wildman–Crippen LogP) is 3.85. The minimum absolute atomic E-state index is 0.0379. The number of anilines is 1. The van der Waals surface area contributed by atoms with Crippen LogP contribution in [0.25, 0.3) is 0 Å². The predicted molar refractivity (Wildman–Crippen MR) is 123 cm³/mol. The third kappa shape index (κ3) is 5.02. The van der Waals surface area contributed by atoms with Gasteiger partial charge in [-0.05, 0) is 68.1 Å². The van der Waals surface area contributed by atoms with E-state index in [-0.39, 0.29) is 17.4 Å². The lowest BCUT2D eigenvalue weighted by Gasteiger charge is -2.19. The molecule has 0 spiro atoms. The van der Waals surface area contributed by atoms with E-state index in [9.17, 15) is 19.3 Å². The van der Waals surface area contributed by atoms with Crippen molar-refractivity contribution in [3.63, 3.8) is 0 Å². The molecule has 3 aromatic rings. The Bertz CT molecular complexity index is 1160. The maximum Gasteiger partial charge on any atom is 0.312 e. The maximum absolute atomic E-state index is 13.1. The standard InChI is InChI=1S/C24H26FN5O3/c1-16-23(30(32)33)17(2)29(27-16)15-18-3-5-20(6-4-18)24(31)26-13-19-11-12-28(14-19)22-9-7-21(25)8-10-22/h3-10,19H,11-15H2,1-2H3,(H,26,31). The topological polar surface area (TPSA) is 93.3 Å². The van der Waals surface area contributed by atoms with E-state index < -0.39 is 4.92 Å². The highest BCUT2D eigenvalue weighted by molar-refractivity contribution is 5.94. The van der Waals surface area contributed by atoms with Gasteiger partial charge in [-0.3, -0.25) is 19.6 Å². The molecule has 1 aliphatic rings. The van der Waals surface area contributed by atoms with Crippen LogP contribution >= 0.6 is 0 Å². The summed E-state index contributed by atoms with van der Waals surface area (Å²) in [7, 11) is 0. The molecule has 1 saturated heterocycles. The van der Waals surface area contributed by atoms with Crippen LogP contribution in [0.4, 0.5) is 15.8 Å². The van der Waals surface area contributed by atoms with Crippen molar-refractivity contribution >= 4 is 17.3 Å². The molecule has 2 aromatic carbocycles. The van der Waals surface area contributed by atoms with Gasteiger partial charge in [0.25, 0.3) is 5.91 Å². The minimum atomic E-state index is -0.412. The Morgan fingerprint density at radius 3 is 2.52 bits per heavy atom. The number of nitrogens with one attached hydrogen (secondary N) is 1. The fourth-order valence-corrected chi connectivity index (χ4v) is 4.26. The van der Waals surface area contributed by atoms with E-state index in [0.717, 1.165) is 30.8 Å². The molecule has 0 bridgehead atoms. The lowest BCUT2D eigenvalue weighted by molar-refractivity contribution is -0.386. The SMILES string of the molecule is Cc1nn(Cc2ccc(C(=O)NCC3CCN(c4ccc(F)cc4)C3)cc2)c(C)c1[N+](=O)[O-]. The van der Waals surface area contributed by atoms with Gasteiger partial charge < -0.3 is 10.2 Å². The van der Waals surface area contributed by atoms with Crippen LogP contribution in [0, 0.1) is 35.7 Å². The second-order valence-corrected chi connectivity index (χ2v) is 8.42. The second-order valence-electron chi connectivity index (χ2n) is 8.42. The molecule has 1 N–H and O–H groups in total. The van der Waals surface area contributed by atoms with Crippen molar-refractivity contribution in [1.82, 2.24) is 15.1 Å². The summed E-state index contributed by atoms with van der Waals surface area (Å²) in [5.41, 5.74) is 3.39. The van der Waals surface area contributed by atoms with Gasteiger partial charge in [-0.15, -0.1) is 0 Å². The maximum atomic E-state index is 13.1. The summed E-state index contributed by atoms with van der Waals surface area (Å²) in [4.78, 5) is 25.5. The molecular weight excluding hydrogens is 425 g/mol. The van der Waals surface area contributed by atoms with Crippen LogP contribution in [-0.4, -0.2) is 40.2 Å².